The molecule has 0 amide bonds. The van der Waals surface area contributed by atoms with E-state index >= 15 is 0 Å². The van der Waals surface area contributed by atoms with Gasteiger partial charge in [-0.3, -0.25) is 4.90 Å². The number of allylic oxidation sites excluding steroid dienone is 1. The van der Waals surface area contributed by atoms with Crippen LogP contribution < -0.4 is 0 Å². The number of hydrogen-bond donors (Lipinski definition) is 0. The Kier molecular flexibility index (Phi) is 8.34. The van der Waals surface area contributed by atoms with E-state index in [-0.39, 0.29) is 0 Å². The van der Waals surface area contributed by atoms with Gasteiger partial charge in [-0.15, -0.1) is 0 Å². The van der Waals surface area contributed by atoms with Crippen LogP contribution in [0.1, 0.15) is 27.7 Å². The molecule has 0 radical (unpaired) electrons. The third-order valence-electron chi connectivity index (χ3n) is 2.36. The minimum absolute atomic E-state index is 0.372. The largest absolute Gasteiger partial charge is 0.376 e. The highest BCUT2D eigenvalue weighted by molar-refractivity contribution is 5.16. The van der Waals surface area contributed by atoms with Crippen LogP contribution in [0.3, 0.4) is 0 Å². The van der Waals surface area contributed by atoms with E-state index < -0.39 is 0 Å². The SMILES string of the molecule is C=C/C(=C\C)CN1CCOC(C)C1.CC. The van der Waals surface area contributed by atoms with Gasteiger partial charge in [0, 0.05) is 19.6 Å². The molecular formula is C13H25NO. The molecule has 1 aliphatic heterocycles. The Balaban J connectivity index is 0.000000921. The van der Waals surface area contributed by atoms with Crippen molar-refractivity contribution in [3.8, 4) is 0 Å². The summed E-state index contributed by atoms with van der Waals surface area (Å²) >= 11 is 0. The van der Waals surface area contributed by atoms with Crippen molar-refractivity contribution in [2.45, 2.75) is 33.8 Å². The third kappa shape index (κ3) is 5.75. The molecule has 0 saturated carbocycles. The second-order valence-corrected chi connectivity index (χ2v) is 3.48. The van der Waals surface area contributed by atoms with Gasteiger partial charge in [0.2, 0.25) is 0 Å². The number of nitrogens with zero attached hydrogens (tertiary/aromatic N) is 1. The molecule has 0 aromatic rings. The van der Waals surface area contributed by atoms with E-state index in [1.165, 1.54) is 5.57 Å². The molecule has 0 aromatic heterocycles. The fourth-order valence-corrected chi connectivity index (χ4v) is 1.57. The first-order chi connectivity index (χ1) is 7.26. The smallest absolute Gasteiger partial charge is 0.0674 e. The lowest BCUT2D eigenvalue weighted by Crippen LogP contribution is -2.41. The number of rotatable bonds is 3. The first kappa shape index (κ1) is 14.4. The van der Waals surface area contributed by atoms with Crippen LogP contribution in [0.4, 0.5) is 0 Å². The summed E-state index contributed by atoms with van der Waals surface area (Å²) < 4.78 is 5.47. The summed E-state index contributed by atoms with van der Waals surface area (Å²) in [6.07, 6.45) is 4.42. The lowest BCUT2D eigenvalue weighted by molar-refractivity contribution is -0.0146. The fraction of sp³-hybridized carbons (Fsp3) is 0.692. The molecule has 15 heavy (non-hydrogen) atoms. The molecule has 0 aliphatic carbocycles. The Morgan fingerprint density at radius 2 is 2.20 bits per heavy atom. The van der Waals surface area contributed by atoms with Gasteiger partial charge in [0.05, 0.1) is 12.7 Å². The van der Waals surface area contributed by atoms with Crippen molar-refractivity contribution in [3.63, 3.8) is 0 Å². The maximum Gasteiger partial charge on any atom is 0.0674 e. The first-order valence-corrected chi connectivity index (χ1v) is 5.88. The molecule has 88 valence electrons. The van der Waals surface area contributed by atoms with E-state index in [4.69, 9.17) is 4.74 Å². The Labute approximate surface area is 94.6 Å². The van der Waals surface area contributed by atoms with Gasteiger partial charge in [-0.1, -0.05) is 32.6 Å². The monoisotopic (exact) mass is 211 g/mol. The topological polar surface area (TPSA) is 12.5 Å². The maximum absolute atomic E-state index is 5.47. The number of hydrogen-bond acceptors (Lipinski definition) is 2. The van der Waals surface area contributed by atoms with Gasteiger partial charge in [-0.05, 0) is 19.4 Å². The molecule has 2 nitrogen and oxygen atoms in total. The van der Waals surface area contributed by atoms with Crippen LogP contribution in [0, 0.1) is 0 Å². The standard InChI is InChI=1S/C11H19NO.C2H6/c1-4-11(5-2)9-12-6-7-13-10(3)8-12;1-2/h4-5,10H,1,6-9H2,2-3H3;1-2H3/b11-5+;. The van der Waals surface area contributed by atoms with Crippen molar-refractivity contribution >= 4 is 0 Å². The maximum atomic E-state index is 5.47. The summed E-state index contributed by atoms with van der Waals surface area (Å²) in [7, 11) is 0. The highest BCUT2D eigenvalue weighted by Gasteiger charge is 2.16. The van der Waals surface area contributed by atoms with Crippen molar-refractivity contribution in [1.29, 1.82) is 0 Å². The predicted molar refractivity (Wildman–Crippen MR) is 67.2 cm³/mol. The molecule has 1 unspecified atom stereocenters. The van der Waals surface area contributed by atoms with Crippen LogP contribution in [0.5, 0.6) is 0 Å². The van der Waals surface area contributed by atoms with Gasteiger partial charge < -0.3 is 4.74 Å². The van der Waals surface area contributed by atoms with Gasteiger partial charge in [0.25, 0.3) is 0 Å². The Morgan fingerprint density at radius 3 is 2.67 bits per heavy atom. The fourth-order valence-electron chi connectivity index (χ4n) is 1.57. The van der Waals surface area contributed by atoms with Crippen molar-refractivity contribution in [1.82, 2.24) is 4.90 Å². The quantitative estimate of drug-likeness (QED) is 0.666. The van der Waals surface area contributed by atoms with E-state index in [2.05, 4.69) is 31.4 Å². The summed E-state index contributed by atoms with van der Waals surface area (Å²) in [5, 5.41) is 0. The van der Waals surface area contributed by atoms with E-state index in [1.807, 2.05) is 19.9 Å². The van der Waals surface area contributed by atoms with Gasteiger partial charge in [0.15, 0.2) is 0 Å². The van der Waals surface area contributed by atoms with Crippen molar-refractivity contribution < 1.29 is 4.74 Å². The van der Waals surface area contributed by atoms with Crippen LogP contribution in [-0.2, 0) is 4.74 Å². The summed E-state index contributed by atoms with van der Waals surface area (Å²) in [5.74, 6) is 0. The highest BCUT2D eigenvalue weighted by Crippen LogP contribution is 2.07. The minimum Gasteiger partial charge on any atom is -0.376 e. The molecule has 1 atom stereocenters. The lowest BCUT2D eigenvalue weighted by Gasteiger charge is -2.31. The minimum atomic E-state index is 0.372. The van der Waals surface area contributed by atoms with E-state index in [0.717, 1.165) is 26.2 Å². The predicted octanol–water partition coefficient (Wildman–Crippen LogP) is 2.87. The van der Waals surface area contributed by atoms with E-state index in [0.29, 0.717) is 6.10 Å². The average molecular weight is 211 g/mol. The summed E-state index contributed by atoms with van der Waals surface area (Å²) in [5.41, 5.74) is 1.30. The third-order valence-corrected chi connectivity index (χ3v) is 2.36. The Morgan fingerprint density at radius 1 is 1.53 bits per heavy atom. The second kappa shape index (κ2) is 8.69. The summed E-state index contributed by atoms with van der Waals surface area (Å²) in [4.78, 5) is 2.41. The van der Waals surface area contributed by atoms with E-state index in [9.17, 15) is 0 Å². The lowest BCUT2D eigenvalue weighted by atomic mass is 10.2. The van der Waals surface area contributed by atoms with Crippen LogP contribution in [-0.4, -0.2) is 37.2 Å². The molecule has 1 heterocycles. The number of ether oxygens (including phenoxy) is 1. The van der Waals surface area contributed by atoms with Crippen molar-refractivity contribution in [2.24, 2.45) is 0 Å². The zero-order valence-electron chi connectivity index (χ0n) is 10.6. The Hall–Kier alpha value is -0.600. The van der Waals surface area contributed by atoms with E-state index in [1.54, 1.807) is 0 Å². The summed E-state index contributed by atoms with van der Waals surface area (Å²) in [6, 6.07) is 0. The Bertz CT molecular complexity index is 199. The zero-order chi connectivity index (χ0) is 11.7. The van der Waals surface area contributed by atoms with Crippen LogP contribution in [0.2, 0.25) is 0 Å². The van der Waals surface area contributed by atoms with Gasteiger partial charge in [-0.25, -0.2) is 0 Å². The zero-order valence-corrected chi connectivity index (χ0v) is 10.6. The molecule has 2 heteroatoms. The molecule has 1 fully saturated rings. The summed E-state index contributed by atoms with van der Waals surface area (Å²) in [6.45, 7) is 15.9. The molecular weight excluding hydrogens is 186 g/mol. The molecule has 1 aliphatic rings. The molecule has 0 spiro atoms. The van der Waals surface area contributed by atoms with Crippen molar-refractivity contribution in [2.75, 3.05) is 26.2 Å². The average Bonchev–Trinajstić information content (AvgIpc) is 2.29. The number of morpholine rings is 1. The van der Waals surface area contributed by atoms with Crippen molar-refractivity contribution in [3.05, 3.63) is 24.3 Å². The van der Waals surface area contributed by atoms with Gasteiger partial charge in [0.1, 0.15) is 0 Å². The molecule has 1 rings (SSSR count). The molecule has 0 aromatic carbocycles. The van der Waals surface area contributed by atoms with Gasteiger partial charge in [-0.2, -0.15) is 0 Å². The normalized spacial score (nSPS) is 22.9. The van der Waals surface area contributed by atoms with Crippen LogP contribution in [0.15, 0.2) is 24.3 Å². The molecule has 0 bridgehead atoms. The molecule has 0 N–H and O–H groups in total. The first-order valence-electron chi connectivity index (χ1n) is 5.88. The second-order valence-electron chi connectivity index (χ2n) is 3.48. The molecule has 1 saturated heterocycles. The van der Waals surface area contributed by atoms with Crippen LogP contribution in [0.25, 0.3) is 0 Å². The van der Waals surface area contributed by atoms with Gasteiger partial charge >= 0.3 is 0 Å². The highest BCUT2D eigenvalue weighted by atomic mass is 16.5. The van der Waals surface area contributed by atoms with Crippen LogP contribution >= 0.6 is 0 Å².